The van der Waals surface area contributed by atoms with Crippen LogP contribution in [0.3, 0.4) is 0 Å². The van der Waals surface area contributed by atoms with Crippen molar-refractivity contribution in [2.24, 2.45) is 0 Å². The minimum absolute atomic E-state index is 0.158. The van der Waals surface area contributed by atoms with Gasteiger partial charge in [0.25, 0.3) is 0 Å². The maximum atomic E-state index is 13.5. The topological polar surface area (TPSA) is 97.3 Å². The number of carbonyl (C=O) groups is 2. The third-order valence-electron chi connectivity index (χ3n) is 7.35. The van der Waals surface area contributed by atoms with Crippen LogP contribution in [-0.4, -0.2) is 60.2 Å². The Morgan fingerprint density at radius 1 is 1.02 bits per heavy atom. The van der Waals surface area contributed by atoms with Crippen molar-refractivity contribution in [1.29, 1.82) is 0 Å². The van der Waals surface area contributed by atoms with E-state index in [0.29, 0.717) is 31.1 Å². The summed E-state index contributed by atoms with van der Waals surface area (Å²) in [6.45, 7) is 5.64. The molecule has 4 rings (SSSR count). The largest absolute Gasteiger partial charge is 0.496 e. The Kier molecular flexibility index (Phi) is 10.3. The minimum Gasteiger partial charge on any atom is -0.496 e. The summed E-state index contributed by atoms with van der Waals surface area (Å²) in [7, 11) is 3.23. The Hall–Kier alpha value is -3.53. The van der Waals surface area contributed by atoms with Crippen molar-refractivity contribution in [3.8, 4) is 22.6 Å². The summed E-state index contributed by atoms with van der Waals surface area (Å²) in [5, 5.41) is 12.8. The lowest BCUT2D eigenvalue weighted by Crippen LogP contribution is -2.55. The first-order chi connectivity index (χ1) is 19.8. The number of amides is 1. The molecule has 1 fully saturated rings. The summed E-state index contributed by atoms with van der Waals surface area (Å²) < 4.78 is 18.9. The molecule has 1 amide bonds. The first-order valence-electron chi connectivity index (χ1n) is 13.8. The molecule has 1 aliphatic rings. The van der Waals surface area contributed by atoms with Gasteiger partial charge in [-0.25, -0.2) is 9.10 Å². The molecule has 8 nitrogen and oxygen atoms in total. The highest BCUT2D eigenvalue weighted by atomic mass is 32.2. The second-order valence-corrected chi connectivity index (χ2v) is 11.3. The second-order valence-electron chi connectivity index (χ2n) is 10.2. The average Bonchev–Trinajstić information content (AvgIpc) is 3.36. The van der Waals surface area contributed by atoms with Gasteiger partial charge in [0, 0.05) is 24.5 Å². The van der Waals surface area contributed by atoms with E-state index < -0.39 is 17.6 Å². The summed E-state index contributed by atoms with van der Waals surface area (Å²) in [5.74, 6) is -0.0287. The average molecular weight is 579 g/mol. The van der Waals surface area contributed by atoms with E-state index in [-0.39, 0.29) is 12.3 Å². The van der Waals surface area contributed by atoms with Crippen LogP contribution < -0.4 is 14.8 Å². The van der Waals surface area contributed by atoms with Crippen molar-refractivity contribution in [2.45, 2.75) is 56.2 Å². The number of rotatable bonds is 13. The van der Waals surface area contributed by atoms with E-state index in [1.165, 1.54) is 11.9 Å². The fourth-order valence-corrected chi connectivity index (χ4v) is 6.16. The molecule has 1 saturated heterocycles. The van der Waals surface area contributed by atoms with Crippen molar-refractivity contribution in [2.75, 3.05) is 27.4 Å². The van der Waals surface area contributed by atoms with Crippen LogP contribution in [0.1, 0.15) is 37.8 Å². The van der Waals surface area contributed by atoms with Gasteiger partial charge in [0.1, 0.15) is 23.1 Å². The molecular weight excluding hydrogens is 540 g/mol. The Morgan fingerprint density at radius 3 is 2.27 bits per heavy atom. The smallest absolute Gasteiger partial charge is 0.326 e. The van der Waals surface area contributed by atoms with Gasteiger partial charge in [-0.3, -0.25) is 4.79 Å². The van der Waals surface area contributed by atoms with E-state index in [4.69, 9.17) is 14.2 Å². The first kappa shape index (κ1) is 30.4. The van der Waals surface area contributed by atoms with Gasteiger partial charge in [0.05, 0.1) is 26.4 Å². The molecule has 218 valence electrons. The number of carboxylic acid groups (broad SMARTS) is 1. The van der Waals surface area contributed by atoms with Gasteiger partial charge < -0.3 is 24.6 Å². The lowest BCUT2D eigenvalue weighted by Gasteiger charge is -2.33. The highest BCUT2D eigenvalue weighted by molar-refractivity contribution is 7.97. The summed E-state index contributed by atoms with van der Waals surface area (Å²) in [4.78, 5) is 26.7. The van der Waals surface area contributed by atoms with Crippen molar-refractivity contribution in [3.05, 3.63) is 77.9 Å². The predicted molar refractivity (Wildman–Crippen MR) is 160 cm³/mol. The number of nitrogens with one attached hydrogen (secondary N) is 1. The molecule has 0 saturated carbocycles. The number of benzene rings is 3. The maximum absolute atomic E-state index is 13.5. The number of nitrogens with zero attached hydrogens (tertiary/aromatic N) is 1. The van der Waals surface area contributed by atoms with Gasteiger partial charge in [0.2, 0.25) is 5.91 Å². The number of methoxy groups -OCH3 is 2. The molecule has 1 heterocycles. The van der Waals surface area contributed by atoms with Crippen LogP contribution in [0, 0.1) is 0 Å². The van der Waals surface area contributed by atoms with Gasteiger partial charge in [-0.05, 0) is 79.6 Å². The summed E-state index contributed by atoms with van der Waals surface area (Å²) >= 11 is 1.53. The van der Waals surface area contributed by atoms with Crippen molar-refractivity contribution >= 4 is 23.8 Å². The Labute approximate surface area is 246 Å². The van der Waals surface area contributed by atoms with Crippen molar-refractivity contribution < 1.29 is 28.9 Å². The molecule has 9 heteroatoms. The van der Waals surface area contributed by atoms with Gasteiger partial charge in [0.15, 0.2) is 0 Å². The molecule has 0 unspecified atom stereocenters. The number of hydrogen-bond donors (Lipinski definition) is 2. The molecule has 0 aromatic heterocycles. The van der Waals surface area contributed by atoms with Gasteiger partial charge in [-0.15, -0.1) is 0 Å². The van der Waals surface area contributed by atoms with Crippen LogP contribution in [0.5, 0.6) is 11.5 Å². The zero-order valence-electron chi connectivity index (χ0n) is 24.0. The number of aliphatic carboxylic acids is 1. The van der Waals surface area contributed by atoms with Crippen molar-refractivity contribution in [1.82, 2.24) is 9.62 Å². The zero-order valence-corrected chi connectivity index (χ0v) is 24.8. The van der Waals surface area contributed by atoms with Gasteiger partial charge >= 0.3 is 5.97 Å². The van der Waals surface area contributed by atoms with Crippen molar-refractivity contribution in [3.63, 3.8) is 0 Å². The van der Waals surface area contributed by atoms with E-state index in [9.17, 15) is 14.7 Å². The number of ether oxygens (including phenoxy) is 3. The SMILES string of the molecule is CCOCc1cc(OC)c(-c2ccc(C[C@H](NC(=O)[C@]3(C)CCCN3Sc3ccccc3)C(=O)O)cc2)c(OC)c1. The lowest BCUT2D eigenvalue weighted by atomic mass is 9.96. The molecule has 2 atom stereocenters. The molecule has 3 aromatic carbocycles. The minimum atomic E-state index is -1.07. The normalized spacial score (nSPS) is 17.7. The number of carboxylic acids is 1. The van der Waals surface area contributed by atoms with E-state index in [2.05, 4.69) is 9.62 Å². The summed E-state index contributed by atoms with van der Waals surface area (Å²) in [5.41, 5.74) is 2.60. The van der Waals surface area contributed by atoms with E-state index in [0.717, 1.165) is 40.1 Å². The fourth-order valence-electron chi connectivity index (χ4n) is 5.03. The molecular formula is C32H38N2O6S. The van der Waals surface area contributed by atoms with Crippen LogP contribution in [-0.2, 0) is 27.4 Å². The van der Waals surface area contributed by atoms with Crippen LogP contribution in [0.25, 0.3) is 11.1 Å². The first-order valence-corrected chi connectivity index (χ1v) is 14.5. The third-order valence-corrected chi connectivity index (χ3v) is 8.64. The monoisotopic (exact) mass is 578 g/mol. The highest BCUT2D eigenvalue weighted by Gasteiger charge is 2.45. The van der Waals surface area contributed by atoms with Gasteiger partial charge in [-0.2, -0.15) is 0 Å². The molecule has 0 bridgehead atoms. The summed E-state index contributed by atoms with van der Waals surface area (Å²) in [6.07, 6.45) is 1.68. The molecule has 2 N–H and O–H groups in total. The maximum Gasteiger partial charge on any atom is 0.326 e. The van der Waals surface area contributed by atoms with Crippen LogP contribution in [0.15, 0.2) is 71.6 Å². The Bertz CT molecular complexity index is 1310. The standard InChI is InChI=1S/C32H38N2O6S/c1-5-40-21-23-19-27(38-3)29(28(20-23)39-4)24-14-12-22(13-15-24)18-26(30(35)36)33-31(37)32(2)16-9-17-34(32)41-25-10-7-6-8-11-25/h6-8,10-15,19-20,26H,5,9,16-18,21H2,1-4H3,(H,33,37)(H,35,36)/t26-,32-/m0/s1. The number of hydrogen-bond acceptors (Lipinski definition) is 7. The quantitative estimate of drug-likeness (QED) is 0.254. The zero-order chi connectivity index (χ0) is 29.4. The lowest BCUT2D eigenvalue weighted by molar-refractivity contribution is -0.143. The van der Waals surface area contributed by atoms with E-state index >= 15 is 0 Å². The fraction of sp³-hybridized carbons (Fsp3) is 0.375. The molecule has 0 radical (unpaired) electrons. The van der Waals surface area contributed by atoms with Crippen LogP contribution >= 0.6 is 11.9 Å². The second kappa shape index (κ2) is 13.9. The molecule has 0 aliphatic carbocycles. The van der Waals surface area contributed by atoms with Crippen LogP contribution in [0.2, 0.25) is 0 Å². The van der Waals surface area contributed by atoms with Gasteiger partial charge in [-0.1, -0.05) is 42.5 Å². The molecule has 3 aromatic rings. The Balaban J connectivity index is 1.49. The highest BCUT2D eigenvalue weighted by Crippen LogP contribution is 2.40. The molecule has 1 aliphatic heterocycles. The summed E-state index contributed by atoms with van der Waals surface area (Å²) in [6, 6.07) is 20.3. The molecule has 41 heavy (non-hydrogen) atoms. The third kappa shape index (κ3) is 7.22. The van der Waals surface area contributed by atoms with E-state index in [1.54, 1.807) is 14.2 Å². The number of carbonyl (C=O) groups excluding carboxylic acids is 1. The van der Waals surface area contributed by atoms with Crippen LogP contribution in [0.4, 0.5) is 0 Å². The Morgan fingerprint density at radius 2 is 1.68 bits per heavy atom. The molecule has 0 spiro atoms. The van der Waals surface area contributed by atoms with E-state index in [1.807, 2.05) is 80.6 Å². The predicted octanol–water partition coefficient (Wildman–Crippen LogP) is 5.58.